The first-order valence-electron chi connectivity index (χ1n) is 14.4. The van der Waals surface area contributed by atoms with Crippen LogP contribution in [0.2, 0.25) is 5.02 Å². The van der Waals surface area contributed by atoms with Crippen molar-refractivity contribution in [3.63, 3.8) is 0 Å². The molecule has 1 unspecified atom stereocenters. The number of amides is 1. The van der Waals surface area contributed by atoms with E-state index < -0.39 is 28.4 Å². The fraction of sp³-hybridized carbons (Fsp3) is 0.448. The van der Waals surface area contributed by atoms with Crippen LogP contribution in [0.4, 0.5) is 11.8 Å². The van der Waals surface area contributed by atoms with Gasteiger partial charge in [0.15, 0.2) is 0 Å². The van der Waals surface area contributed by atoms with E-state index in [-0.39, 0.29) is 43.4 Å². The first-order valence-corrected chi connectivity index (χ1v) is 14.7. The number of nitrogens with zero attached hydrogens (tertiary/aromatic N) is 6. The molecular formula is C29H35ClN8O7. The minimum Gasteiger partial charge on any atom is -0.495 e. The van der Waals surface area contributed by atoms with Crippen molar-refractivity contribution >= 4 is 35.2 Å². The highest BCUT2D eigenvalue weighted by Gasteiger charge is 2.47. The summed E-state index contributed by atoms with van der Waals surface area (Å²) in [5.74, 6) is 0.0549. The third-order valence-electron chi connectivity index (χ3n) is 7.74. The Balaban J connectivity index is 1.58. The Morgan fingerprint density at radius 1 is 1.22 bits per heavy atom. The topological polar surface area (TPSA) is 195 Å². The summed E-state index contributed by atoms with van der Waals surface area (Å²) in [6, 6.07) is 6.54. The molecule has 0 spiro atoms. The van der Waals surface area contributed by atoms with Gasteiger partial charge in [0.05, 0.1) is 30.7 Å². The molecule has 0 radical (unpaired) electrons. The highest BCUT2D eigenvalue weighted by Crippen LogP contribution is 2.40. The fourth-order valence-electron chi connectivity index (χ4n) is 5.31. The number of methoxy groups -OCH3 is 1. The van der Waals surface area contributed by atoms with Crippen LogP contribution in [0.5, 0.6) is 5.75 Å². The molecule has 2 atom stereocenters. The van der Waals surface area contributed by atoms with Crippen molar-refractivity contribution < 1.29 is 29.4 Å². The zero-order valence-corrected chi connectivity index (χ0v) is 25.7. The van der Waals surface area contributed by atoms with E-state index in [1.807, 2.05) is 11.0 Å². The highest BCUT2D eigenvalue weighted by molar-refractivity contribution is 6.32. The van der Waals surface area contributed by atoms with E-state index in [4.69, 9.17) is 21.3 Å². The lowest BCUT2D eigenvalue weighted by molar-refractivity contribution is -0.757. The number of rotatable bonds is 16. The molecule has 1 amide bonds. The number of carboxylic acids is 1. The van der Waals surface area contributed by atoms with E-state index >= 15 is 0 Å². The number of hydrogen-bond acceptors (Lipinski definition) is 12. The number of unbranched alkanes of at least 4 members (excludes halogenated alkanes) is 1. The molecule has 3 N–H and O–H groups in total. The number of nitrogens with one attached hydrogen (secondary N) is 2. The first kappa shape index (κ1) is 33.1. The largest absolute Gasteiger partial charge is 0.495 e. The molecule has 1 aliphatic heterocycles. The SMILES string of the molecule is COc1ccc(CNc2nc(N3CCC[C@H]3C(C)(CCCCO[N+](=O)[O-])C(=O)O)ncc2C(=O)NCc2ncccn2)cc1Cl. The molecule has 0 bridgehead atoms. The van der Waals surface area contributed by atoms with Crippen LogP contribution in [0, 0.1) is 15.5 Å². The Hall–Kier alpha value is -4.79. The molecule has 3 aromatic rings. The lowest BCUT2D eigenvalue weighted by Gasteiger charge is -2.37. The summed E-state index contributed by atoms with van der Waals surface area (Å²) >= 11 is 6.31. The quantitative estimate of drug-likeness (QED) is 0.116. The number of halogens is 1. The molecule has 15 nitrogen and oxygen atoms in total. The summed E-state index contributed by atoms with van der Waals surface area (Å²) in [6.45, 7) is 2.45. The molecule has 240 valence electrons. The van der Waals surface area contributed by atoms with Gasteiger partial charge in [-0.1, -0.05) is 24.1 Å². The van der Waals surface area contributed by atoms with E-state index in [1.165, 1.54) is 13.3 Å². The zero-order chi connectivity index (χ0) is 32.4. The number of hydrogen-bond donors (Lipinski definition) is 3. The standard InChI is InChI=1S/C29H35ClN8O7/c1-29(27(40)41,10-3-4-14-45-38(42)43)23-7-5-13-37(23)28-35-17-20(26(39)34-18-24-31-11-6-12-32-24)25(36-28)33-16-19-8-9-22(44-2)21(30)15-19/h6,8-9,11-12,15,17,23H,3-5,7,10,13-14,16,18H2,1-2H3,(H,34,39)(H,40,41)(H,33,35,36)/t23-,29?/m0/s1. The molecule has 0 saturated carbocycles. The molecule has 1 fully saturated rings. The predicted octanol–water partition coefficient (Wildman–Crippen LogP) is 3.91. The maximum atomic E-state index is 13.3. The van der Waals surface area contributed by atoms with Crippen molar-refractivity contribution in [3.05, 3.63) is 74.9 Å². The molecule has 1 aliphatic rings. The van der Waals surface area contributed by atoms with E-state index in [2.05, 4.69) is 30.4 Å². The van der Waals surface area contributed by atoms with Gasteiger partial charge in [0, 0.05) is 37.7 Å². The third-order valence-corrected chi connectivity index (χ3v) is 8.04. The number of ether oxygens (including phenoxy) is 1. The summed E-state index contributed by atoms with van der Waals surface area (Å²) in [6.07, 6.45) is 6.91. The maximum Gasteiger partial charge on any atom is 0.311 e. The van der Waals surface area contributed by atoms with E-state index in [1.54, 1.807) is 37.5 Å². The number of aromatic nitrogens is 4. The Kier molecular flexibility index (Phi) is 11.2. The van der Waals surface area contributed by atoms with Crippen LogP contribution < -0.4 is 20.3 Å². The minimum absolute atomic E-state index is 0.0901. The van der Waals surface area contributed by atoms with Crippen molar-refractivity contribution in [3.8, 4) is 5.75 Å². The number of carbonyl (C=O) groups is 2. The average molecular weight is 643 g/mol. The number of benzene rings is 1. The maximum absolute atomic E-state index is 13.3. The van der Waals surface area contributed by atoms with Gasteiger partial charge in [-0.15, -0.1) is 10.1 Å². The van der Waals surface area contributed by atoms with Crippen molar-refractivity contribution in [2.45, 2.75) is 58.2 Å². The van der Waals surface area contributed by atoms with Gasteiger partial charge in [-0.25, -0.2) is 15.0 Å². The molecule has 45 heavy (non-hydrogen) atoms. The molecule has 1 aromatic carbocycles. The molecule has 0 aliphatic carbocycles. The van der Waals surface area contributed by atoms with Crippen LogP contribution in [0.25, 0.3) is 0 Å². The fourth-order valence-corrected chi connectivity index (χ4v) is 5.59. The number of carbonyl (C=O) groups excluding carboxylic acids is 1. The van der Waals surface area contributed by atoms with Gasteiger partial charge in [0.1, 0.15) is 23.0 Å². The Labute approximate surface area is 264 Å². The molecule has 2 aromatic heterocycles. The van der Waals surface area contributed by atoms with E-state index in [0.717, 1.165) is 5.56 Å². The van der Waals surface area contributed by atoms with Gasteiger partial charge in [-0.2, -0.15) is 4.98 Å². The Bertz CT molecular complexity index is 1500. The van der Waals surface area contributed by atoms with Gasteiger partial charge < -0.3 is 30.2 Å². The van der Waals surface area contributed by atoms with Gasteiger partial charge in [-0.05, 0) is 56.4 Å². The van der Waals surface area contributed by atoms with Crippen LogP contribution in [-0.4, -0.2) is 68.3 Å². The lowest BCUT2D eigenvalue weighted by Crippen LogP contribution is -2.48. The molecule has 3 heterocycles. The number of carboxylic acid groups (broad SMARTS) is 1. The van der Waals surface area contributed by atoms with Gasteiger partial charge in [0.2, 0.25) is 5.95 Å². The van der Waals surface area contributed by atoms with Gasteiger partial charge >= 0.3 is 5.97 Å². The normalized spacial score (nSPS) is 15.6. The summed E-state index contributed by atoms with van der Waals surface area (Å²) in [5, 5.41) is 26.3. The Morgan fingerprint density at radius 2 is 2.00 bits per heavy atom. The second kappa shape index (κ2) is 15.3. The van der Waals surface area contributed by atoms with E-state index in [0.29, 0.717) is 48.8 Å². The first-order chi connectivity index (χ1) is 21.6. The van der Waals surface area contributed by atoms with Crippen LogP contribution >= 0.6 is 11.6 Å². The van der Waals surface area contributed by atoms with E-state index in [9.17, 15) is 24.8 Å². The van der Waals surface area contributed by atoms with Crippen LogP contribution in [0.15, 0.2) is 42.9 Å². The monoisotopic (exact) mass is 642 g/mol. The second-order valence-electron chi connectivity index (χ2n) is 10.7. The average Bonchev–Trinajstić information content (AvgIpc) is 3.53. The predicted molar refractivity (Wildman–Crippen MR) is 163 cm³/mol. The van der Waals surface area contributed by atoms with Gasteiger partial charge in [-0.3, -0.25) is 9.59 Å². The lowest BCUT2D eigenvalue weighted by atomic mass is 9.76. The molecule has 1 saturated heterocycles. The van der Waals surface area contributed by atoms with Crippen LogP contribution in [0.3, 0.4) is 0 Å². The third kappa shape index (κ3) is 8.44. The minimum atomic E-state index is -1.19. The summed E-state index contributed by atoms with van der Waals surface area (Å²) < 4.78 is 5.23. The highest BCUT2D eigenvalue weighted by atomic mass is 35.5. The van der Waals surface area contributed by atoms with Gasteiger partial charge in [0.25, 0.3) is 11.0 Å². The molecule has 16 heteroatoms. The zero-order valence-electron chi connectivity index (χ0n) is 24.9. The van der Waals surface area contributed by atoms with Crippen LogP contribution in [-0.2, 0) is 22.7 Å². The smallest absolute Gasteiger partial charge is 0.311 e. The number of anilines is 2. The number of aliphatic carboxylic acids is 1. The van der Waals surface area contributed by atoms with Crippen LogP contribution in [0.1, 0.15) is 60.8 Å². The molecular weight excluding hydrogens is 608 g/mol. The Morgan fingerprint density at radius 3 is 2.69 bits per heavy atom. The summed E-state index contributed by atoms with van der Waals surface area (Å²) in [7, 11) is 1.53. The molecule has 4 rings (SSSR count). The summed E-state index contributed by atoms with van der Waals surface area (Å²) in [4.78, 5) is 60.0. The second-order valence-corrected chi connectivity index (χ2v) is 11.1. The van der Waals surface area contributed by atoms with Crippen molar-refractivity contribution in [2.75, 3.05) is 30.5 Å². The summed E-state index contributed by atoms with van der Waals surface area (Å²) in [5.41, 5.74) is -0.200. The van der Waals surface area contributed by atoms with Crippen molar-refractivity contribution in [1.29, 1.82) is 0 Å². The van der Waals surface area contributed by atoms with Crippen molar-refractivity contribution in [2.24, 2.45) is 5.41 Å². The van der Waals surface area contributed by atoms with Crippen molar-refractivity contribution in [1.82, 2.24) is 25.3 Å².